The molecule has 1 heterocycles. The zero-order valence-corrected chi connectivity index (χ0v) is 14.0. The minimum Gasteiger partial charge on any atom is -0.480 e. The lowest BCUT2D eigenvalue weighted by molar-refractivity contribution is -0.142. The minimum absolute atomic E-state index is 0.132. The van der Waals surface area contributed by atoms with E-state index in [4.69, 9.17) is 0 Å². The maximum Gasteiger partial charge on any atom is 0.326 e. The van der Waals surface area contributed by atoms with E-state index in [0.717, 1.165) is 28.4 Å². The average molecular weight is 399 g/mol. The van der Waals surface area contributed by atoms with Crippen molar-refractivity contribution in [1.29, 1.82) is 0 Å². The molecule has 3 atom stereocenters. The highest BCUT2D eigenvalue weighted by Gasteiger charge is 2.49. The normalized spacial score (nSPS) is 27.7. The second-order valence-corrected chi connectivity index (χ2v) is 7.17. The van der Waals surface area contributed by atoms with E-state index in [-0.39, 0.29) is 11.8 Å². The van der Waals surface area contributed by atoms with Gasteiger partial charge in [-0.2, -0.15) is 0 Å². The van der Waals surface area contributed by atoms with Gasteiger partial charge in [-0.25, -0.2) is 4.79 Å². The van der Waals surface area contributed by atoms with E-state index in [1.54, 1.807) is 11.0 Å². The summed E-state index contributed by atoms with van der Waals surface area (Å²) >= 11 is 2.20. The number of fused-ring (bicyclic) bond motifs is 1. The highest BCUT2D eigenvalue weighted by molar-refractivity contribution is 14.1. The molecule has 2 aliphatic rings. The SMILES string of the molecule is Cc1c(I)cccc1C(=O)N1CC2CCCC2C1C(=O)O. The van der Waals surface area contributed by atoms with Gasteiger partial charge in [0, 0.05) is 15.7 Å². The van der Waals surface area contributed by atoms with E-state index in [1.165, 1.54) is 0 Å². The number of carbonyl (C=O) groups is 2. The van der Waals surface area contributed by atoms with Gasteiger partial charge in [0.05, 0.1) is 0 Å². The number of halogens is 1. The Morgan fingerprint density at radius 1 is 1.33 bits per heavy atom. The molecule has 112 valence electrons. The Morgan fingerprint density at radius 2 is 2.10 bits per heavy atom. The number of carbonyl (C=O) groups excluding carboxylic acids is 1. The van der Waals surface area contributed by atoms with Crippen molar-refractivity contribution in [3.8, 4) is 0 Å². The molecule has 4 nitrogen and oxygen atoms in total. The number of benzene rings is 1. The van der Waals surface area contributed by atoms with Crippen LogP contribution in [0.3, 0.4) is 0 Å². The number of hydrogen-bond acceptors (Lipinski definition) is 2. The smallest absolute Gasteiger partial charge is 0.326 e. The zero-order chi connectivity index (χ0) is 15.1. The Kier molecular flexibility index (Phi) is 3.94. The number of hydrogen-bond donors (Lipinski definition) is 1. The van der Waals surface area contributed by atoms with Crippen LogP contribution in [0, 0.1) is 22.3 Å². The molecule has 21 heavy (non-hydrogen) atoms. The fourth-order valence-electron chi connectivity index (χ4n) is 3.82. The van der Waals surface area contributed by atoms with Crippen LogP contribution in [-0.4, -0.2) is 34.5 Å². The standard InChI is InChI=1S/C16H18INO3/c1-9-11(5-3-7-13(9)17)15(19)18-8-10-4-2-6-12(10)14(18)16(20)21/h3,5,7,10,12,14H,2,4,6,8H2,1H3,(H,20,21). The molecule has 0 spiro atoms. The molecule has 3 rings (SSSR count). The van der Waals surface area contributed by atoms with Crippen LogP contribution < -0.4 is 0 Å². The zero-order valence-electron chi connectivity index (χ0n) is 11.9. The van der Waals surface area contributed by atoms with Gasteiger partial charge in [-0.15, -0.1) is 0 Å². The summed E-state index contributed by atoms with van der Waals surface area (Å²) in [5.41, 5.74) is 1.57. The van der Waals surface area contributed by atoms with Crippen molar-refractivity contribution in [1.82, 2.24) is 4.90 Å². The van der Waals surface area contributed by atoms with Gasteiger partial charge in [0.25, 0.3) is 5.91 Å². The molecule has 1 saturated carbocycles. The molecular formula is C16H18INO3. The summed E-state index contributed by atoms with van der Waals surface area (Å²) in [5.74, 6) is -0.499. The molecule has 1 aromatic rings. The topological polar surface area (TPSA) is 57.6 Å². The third kappa shape index (κ3) is 2.45. The second kappa shape index (κ2) is 5.59. The molecule has 0 radical (unpaired) electrons. The lowest BCUT2D eigenvalue weighted by Gasteiger charge is -2.25. The molecule has 1 aromatic carbocycles. The van der Waals surface area contributed by atoms with Crippen LogP contribution in [-0.2, 0) is 4.79 Å². The van der Waals surface area contributed by atoms with Crippen molar-refractivity contribution >= 4 is 34.5 Å². The summed E-state index contributed by atoms with van der Waals surface area (Å²) in [6.45, 7) is 2.51. The molecular weight excluding hydrogens is 381 g/mol. The van der Waals surface area contributed by atoms with E-state index >= 15 is 0 Å². The predicted octanol–water partition coefficient (Wildman–Crippen LogP) is 2.92. The van der Waals surface area contributed by atoms with E-state index in [2.05, 4.69) is 22.6 Å². The first-order valence-corrected chi connectivity index (χ1v) is 8.37. The molecule has 0 bridgehead atoms. The van der Waals surface area contributed by atoms with Crippen LogP contribution >= 0.6 is 22.6 Å². The summed E-state index contributed by atoms with van der Waals surface area (Å²) in [4.78, 5) is 26.1. The molecule has 5 heteroatoms. The number of carboxylic acid groups (broad SMARTS) is 1. The van der Waals surface area contributed by atoms with Gasteiger partial charge in [0.2, 0.25) is 0 Å². The average Bonchev–Trinajstić information content (AvgIpc) is 3.00. The summed E-state index contributed by atoms with van der Waals surface area (Å²) in [7, 11) is 0. The third-order valence-corrected chi connectivity index (χ3v) is 6.07. The quantitative estimate of drug-likeness (QED) is 0.779. The Bertz CT molecular complexity index is 601. The first-order valence-electron chi connectivity index (χ1n) is 7.29. The van der Waals surface area contributed by atoms with Crippen molar-refractivity contribution in [2.24, 2.45) is 11.8 Å². The fraction of sp³-hybridized carbons (Fsp3) is 0.500. The molecule has 0 aromatic heterocycles. The van der Waals surface area contributed by atoms with Crippen molar-refractivity contribution in [2.75, 3.05) is 6.54 Å². The Balaban J connectivity index is 1.93. The molecule has 2 fully saturated rings. The maximum absolute atomic E-state index is 12.8. The van der Waals surface area contributed by atoms with E-state index in [9.17, 15) is 14.7 Å². The van der Waals surface area contributed by atoms with Gasteiger partial charge < -0.3 is 10.0 Å². The monoisotopic (exact) mass is 399 g/mol. The van der Waals surface area contributed by atoms with E-state index in [1.807, 2.05) is 19.1 Å². The Hall–Kier alpha value is -1.11. The molecule has 1 saturated heterocycles. The summed E-state index contributed by atoms with van der Waals surface area (Å²) in [6.07, 6.45) is 3.06. The lowest BCUT2D eigenvalue weighted by atomic mass is 9.94. The number of aliphatic carboxylic acids is 1. The number of carboxylic acids is 1. The van der Waals surface area contributed by atoms with Crippen LogP contribution in [0.5, 0.6) is 0 Å². The van der Waals surface area contributed by atoms with Crippen LogP contribution in [0.4, 0.5) is 0 Å². The van der Waals surface area contributed by atoms with Gasteiger partial charge in [0.15, 0.2) is 0 Å². The van der Waals surface area contributed by atoms with Gasteiger partial charge >= 0.3 is 5.97 Å². The number of amides is 1. The van der Waals surface area contributed by atoms with Crippen molar-refractivity contribution < 1.29 is 14.7 Å². The summed E-state index contributed by atoms with van der Waals surface area (Å²) < 4.78 is 1.03. The van der Waals surface area contributed by atoms with Gasteiger partial charge in [-0.3, -0.25) is 4.79 Å². The van der Waals surface area contributed by atoms with Crippen LogP contribution in [0.15, 0.2) is 18.2 Å². The van der Waals surface area contributed by atoms with Gasteiger partial charge in [-0.05, 0) is 71.9 Å². The maximum atomic E-state index is 12.8. The first kappa shape index (κ1) is 14.8. The Labute approximate surface area is 137 Å². The van der Waals surface area contributed by atoms with Gasteiger partial charge in [0.1, 0.15) is 6.04 Å². The summed E-state index contributed by atoms with van der Waals surface area (Å²) in [6, 6.07) is 4.96. The molecule has 1 N–H and O–H groups in total. The Morgan fingerprint density at radius 3 is 2.81 bits per heavy atom. The fourth-order valence-corrected chi connectivity index (χ4v) is 4.32. The summed E-state index contributed by atoms with van der Waals surface area (Å²) in [5, 5.41) is 9.56. The molecule has 1 aliphatic carbocycles. The van der Waals surface area contributed by atoms with Crippen molar-refractivity contribution in [3.05, 3.63) is 32.9 Å². The van der Waals surface area contributed by atoms with Gasteiger partial charge in [-0.1, -0.05) is 12.5 Å². The molecule has 3 unspecified atom stereocenters. The van der Waals surface area contributed by atoms with E-state index < -0.39 is 12.0 Å². The number of nitrogens with zero attached hydrogens (tertiary/aromatic N) is 1. The van der Waals surface area contributed by atoms with E-state index in [0.29, 0.717) is 18.0 Å². The van der Waals surface area contributed by atoms with Crippen LogP contribution in [0.25, 0.3) is 0 Å². The largest absolute Gasteiger partial charge is 0.480 e. The van der Waals surface area contributed by atoms with Crippen molar-refractivity contribution in [3.63, 3.8) is 0 Å². The first-order chi connectivity index (χ1) is 10.0. The number of rotatable bonds is 2. The second-order valence-electron chi connectivity index (χ2n) is 6.01. The molecule has 1 amide bonds. The van der Waals surface area contributed by atoms with Crippen molar-refractivity contribution in [2.45, 2.75) is 32.2 Å². The predicted molar refractivity (Wildman–Crippen MR) is 87.2 cm³/mol. The van der Waals surface area contributed by atoms with Crippen LogP contribution in [0.1, 0.15) is 35.2 Å². The number of likely N-dealkylation sites (tertiary alicyclic amines) is 1. The van der Waals surface area contributed by atoms with Crippen LogP contribution in [0.2, 0.25) is 0 Å². The highest BCUT2D eigenvalue weighted by atomic mass is 127. The third-order valence-electron chi connectivity index (χ3n) is 4.90. The lowest BCUT2D eigenvalue weighted by Crippen LogP contribution is -2.43. The molecule has 1 aliphatic heterocycles. The highest BCUT2D eigenvalue weighted by Crippen LogP contribution is 2.42. The minimum atomic E-state index is -0.860.